The van der Waals surface area contributed by atoms with Crippen LogP contribution in [0.2, 0.25) is 0 Å². The maximum Gasteiger partial charge on any atom is 0.270 e. The topological polar surface area (TPSA) is 94.4 Å². The second-order valence-electron chi connectivity index (χ2n) is 6.20. The van der Waals surface area contributed by atoms with Crippen LogP contribution in [0.25, 0.3) is 21.3 Å². The lowest BCUT2D eigenvalue weighted by Crippen LogP contribution is -2.09. The molecule has 0 radical (unpaired) electrons. The summed E-state index contributed by atoms with van der Waals surface area (Å²) >= 11 is 2.68. The van der Waals surface area contributed by atoms with E-state index in [9.17, 15) is 14.9 Å². The number of hydrogen-bond acceptors (Lipinski definition) is 7. The molecule has 0 saturated heterocycles. The Morgan fingerprint density at radius 3 is 2.59 bits per heavy atom. The molecule has 4 aromatic rings. The first-order chi connectivity index (χ1) is 13.9. The van der Waals surface area contributed by atoms with Crippen molar-refractivity contribution >= 4 is 49.5 Å². The molecule has 29 heavy (non-hydrogen) atoms. The van der Waals surface area contributed by atoms with Crippen molar-refractivity contribution in [3.8, 4) is 17.0 Å². The van der Waals surface area contributed by atoms with Crippen LogP contribution in [0.3, 0.4) is 0 Å². The van der Waals surface area contributed by atoms with E-state index in [0.29, 0.717) is 15.4 Å². The average Bonchev–Trinajstić information content (AvgIpc) is 3.30. The number of aryl methyl sites for hydroxylation is 1. The number of ether oxygens (including phenoxy) is 1. The Morgan fingerprint density at radius 2 is 1.90 bits per heavy atom. The summed E-state index contributed by atoms with van der Waals surface area (Å²) in [4.78, 5) is 29.1. The lowest BCUT2D eigenvalue weighted by atomic mass is 10.1. The van der Waals surface area contributed by atoms with E-state index in [2.05, 4.69) is 10.3 Å². The van der Waals surface area contributed by atoms with Gasteiger partial charge in [-0.3, -0.25) is 20.2 Å². The molecule has 2 aromatic heterocycles. The number of anilines is 1. The van der Waals surface area contributed by atoms with Crippen LogP contribution >= 0.6 is 22.7 Å². The van der Waals surface area contributed by atoms with Crippen LogP contribution in [0.5, 0.6) is 5.75 Å². The van der Waals surface area contributed by atoms with E-state index in [-0.39, 0.29) is 11.6 Å². The normalized spacial score (nSPS) is 10.8. The fourth-order valence-electron chi connectivity index (χ4n) is 2.88. The zero-order valence-corrected chi connectivity index (χ0v) is 17.1. The number of fused-ring (bicyclic) bond motifs is 1. The van der Waals surface area contributed by atoms with Gasteiger partial charge < -0.3 is 4.74 Å². The van der Waals surface area contributed by atoms with Crippen LogP contribution in [0.1, 0.15) is 14.5 Å². The van der Waals surface area contributed by atoms with E-state index in [1.165, 1.54) is 34.8 Å². The first kappa shape index (κ1) is 19.0. The lowest BCUT2D eigenvalue weighted by molar-refractivity contribution is -0.384. The Morgan fingerprint density at radius 1 is 1.14 bits per heavy atom. The molecule has 7 nitrogen and oxygen atoms in total. The van der Waals surface area contributed by atoms with Gasteiger partial charge in [0.1, 0.15) is 5.75 Å². The van der Waals surface area contributed by atoms with Crippen molar-refractivity contribution < 1.29 is 14.5 Å². The molecule has 4 rings (SSSR count). The maximum absolute atomic E-state index is 12.7. The van der Waals surface area contributed by atoms with Crippen LogP contribution < -0.4 is 10.1 Å². The fraction of sp³-hybridized carbons (Fsp3) is 0.100. The first-order valence-electron chi connectivity index (χ1n) is 8.56. The molecular formula is C20H15N3O4S2. The standard InChI is InChI=1S/C20H15N3O4S2/c1-11-18(12-3-6-15(27-2)7-4-12)21-20(28-11)22-19(24)17-10-13-9-14(23(25)26)5-8-16(13)29-17/h3-10H,1-2H3,(H,21,22,24). The molecule has 1 N–H and O–H groups in total. The molecule has 0 unspecified atom stereocenters. The molecule has 0 atom stereocenters. The van der Waals surface area contributed by atoms with Crippen molar-refractivity contribution in [3.63, 3.8) is 0 Å². The molecule has 2 aromatic carbocycles. The molecule has 0 bridgehead atoms. The van der Waals surface area contributed by atoms with Gasteiger partial charge in [-0.2, -0.15) is 0 Å². The monoisotopic (exact) mass is 425 g/mol. The van der Waals surface area contributed by atoms with Crippen molar-refractivity contribution in [1.29, 1.82) is 0 Å². The fourth-order valence-corrected chi connectivity index (χ4v) is 4.65. The number of thiazole rings is 1. The number of amides is 1. The molecule has 9 heteroatoms. The SMILES string of the molecule is COc1ccc(-c2nc(NC(=O)c3cc4cc([N+](=O)[O-])ccc4s3)sc2C)cc1. The number of aromatic nitrogens is 1. The van der Waals surface area contributed by atoms with Gasteiger partial charge in [-0.05, 0) is 43.3 Å². The number of benzene rings is 2. The molecule has 0 aliphatic rings. The van der Waals surface area contributed by atoms with Crippen molar-refractivity contribution in [2.75, 3.05) is 12.4 Å². The first-order valence-corrected chi connectivity index (χ1v) is 10.2. The Kier molecular flexibility index (Phi) is 4.99. The van der Waals surface area contributed by atoms with Crippen molar-refractivity contribution in [2.45, 2.75) is 6.92 Å². The molecule has 0 fully saturated rings. The lowest BCUT2D eigenvalue weighted by Gasteiger charge is -2.01. The van der Waals surface area contributed by atoms with Gasteiger partial charge >= 0.3 is 0 Å². The number of nitro groups is 1. The van der Waals surface area contributed by atoms with E-state index < -0.39 is 4.92 Å². The zero-order chi connectivity index (χ0) is 20.5. The Hall–Kier alpha value is -3.30. The maximum atomic E-state index is 12.7. The summed E-state index contributed by atoms with van der Waals surface area (Å²) in [6.45, 7) is 1.95. The van der Waals surface area contributed by atoms with E-state index in [1.807, 2.05) is 31.2 Å². The number of nitrogens with zero attached hydrogens (tertiary/aromatic N) is 2. The van der Waals surface area contributed by atoms with Gasteiger partial charge in [-0.1, -0.05) is 0 Å². The summed E-state index contributed by atoms with van der Waals surface area (Å²) < 4.78 is 5.99. The summed E-state index contributed by atoms with van der Waals surface area (Å²) in [5, 5.41) is 14.9. The Bertz CT molecular complexity index is 1230. The molecule has 146 valence electrons. The molecule has 1 amide bonds. The van der Waals surface area contributed by atoms with Crippen LogP contribution in [-0.2, 0) is 0 Å². The number of non-ortho nitro benzene ring substituents is 1. The van der Waals surface area contributed by atoms with Gasteiger partial charge in [0.25, 0.3) is 11.6 Å². The smallest absolute Gasteiger partial charge is 0.270 e. The summed E-state index contributed by atoms with van der Waals surface area (Å²) in [7, 11) is 1.61. The van der Waals surface area contributed by atoms with Crippen LogP contribution in [0, 0.1) is 17.0 Å². The largest absolute Gasteiger partial charge is 0.497 e. The number of carbonyl (C=O) groups is 1. The third kappa shape index (κ3) is 3.82. The van der Waals surface area contributed by atoms with E-state index in [0.717, 1.165) is 26.6 Å². The number of thiophene rings is 1. The average molecular weight is 425 g/mol. The third-order valence-corrected chi connectivity index (χ3v) is 6.32. The highest BCUT2D eigenvalue weighted by atomic mass is 32.1. The van der Waals surface area contributed by atoms with E-state index >= 15 is 0 Å². The summed E-state index contributed by atoms with van der Waals surface area (Å²) in [5.74, 6) is 0.476. The molecular weight excluding hydrogens is 410 g/mol. The summed E-state index contributed by atoms with van der Waals surface area (Å²) in [5.41, 5.74) is 1.75. The van der Waals surface area contributed by atoms with Gasteiger partial charge in [0.05, 0.1) is 22.6 Å². The van der Waals surface area contributed by atoms with Crippen molar-refractivity contribution in [2.24, 2.45) is 0 Å². The highest BCUT2D eigenvalue weighted by molar-refractivity contribution is 7.21. The predicted molar refractivity (Wildman–Crippen MR) is 115 cm³/mol. The summed E-state index contributed by atoms with van der Waals surface area (Å²) in [6.07, 6.45) is 0. The number of hydrogen-bond donors (Lipinski definition) is 1. The van der Waals surface area contributed by atoms with Gasteiger partial charge in [0.15, 0.2) is 5.13 Å². The van der Waals surface area contributed by atoms with Gasteiger partial charge in [0.2, 0.25) is 0 Å². The zero-order valence-electron chi connectivity index (χ0n) is 15.5. The van der Waals surface area contributed by atoms with Crippen molar-refractivity contribution in [1.82, 2.24) is 4.98 Å². The minimum atomic E-state index is -0.449. The van der Waals surface area contributed by atoms with E-state index in [1.54, 1.807) is 19.2 Å². The number of methoxy groups -OCH3 is 1. The van der Waals surface area contributed by atoms with Gasteiger partial charge in [0, 0.05) is 32.7 Å². The number of carbonyl (C=O) groups excluding carboxylic acids is 1. The Balaban J connectivity index is 1.57. The number of rotatable bonds is 5. The number of nitrogens with one attached hydrogen (secondary N) is 1. The third-order valence-electron chi connectivity index (χ3n) is 4.32. The molecule has 0 aliphatic carbocycles. The molecule has 0 aliphatic heterocycles. The van der Waals surface area contributed by atoms with Crippen LogP contribution in [0.15, 0.2) is 48.5 Å². The highest BCUT2D eigenvalue weighted by Gasteiger charge is 2.16. The molecule has 0 spiro atoms. The quantitative estimate of drug-likeness (QED) is 0.336. The van der Waals surface area contributed by atoms with Crippen LogP contribution in [-0.4, -0.2) is 22.9 Å². The second-order valence-corrected chi connectivity index (χ2v) is 8.48. The summed E-state index contributed by atoms with van der Waals surface area (Å²) in [6, 6.07) is 13.8. The van der Waals surface area contributed by atoms with E-state index in [4.69, 9.17) is 4.74 Å². The molecule has 2 heterocycles. The minimum Gasteiger partial charge on any atom is -0.497 e. The minimum absolute atomic E-state index is 0.00180. The predicted octanol–water partition coefficient (Wildman–Crippen LogP) is 5.50. The Labute approximate surface area is 173 Å². The van der Waals surface area contributed by atoms with Gasteiger partial charge in [-0.25, -0.2) is 4.98 Å². The van der Waals surface area contributed by atoms with Crippen LogP contribution in [0.4, 0.5) is 10.8 Å². The van der Waals surface area contributed by atoms with Crippen molar-refractivity contribution in [3.05, 3.63) is 68.4 Å². The highest BCUT2D eigenvalue weighted by Crippen LogP contribution is 2.33. The molecule has 0 saturated carbocycles. The second kappa shape index (κ2) is 7.61. The van der Waals surface area contributed by atoms with Gasteiger partial charge in [-0.15, -0.1) is 22.7 Å². The number of nitro benzene ring substituents is 1.